The van der Waals surface area contributed by atoms with Crippen molar-refractivity contribution in [3.8, 4) is 16.9 Å². The van der Waals surface area contributed by atoms with Crippen LogP contribution in [0.4, 0.5) is 41.6 Å². The maximum absolute atomic E-state index is 13.3. The highest BCUT2D eigenvalue weighted by atomic mass is 32.2. The number of aliphatic hydroxyl groups excluding tert-OH is 1. The summed E-state index contributed by atoms with van der Waals surface area (Å²) in [5.74, 6) is -2.11. The van der Waals surface area contributed by atoms with Crippen LogP contribution in [0, 0.1) is 6.92 Å². The van der Waals surface area contributed by atoms with Gasteiger partial charge < -0.3 is 15.2 Å². The van der Waals surface area contributed by atoms with Crippen LogP contribution in [-0.4, -0.2) is 50.2 Å². The van der Waals surface area contributed by atoms with E-state index in [9.17, 15) is 49.0 Å². The Balaban J connectivity index is 1.36. The van der Waals surface area contributed by atoms with Gasteiger partial charge >= 0.3 is 12.1 Å². The minimum atomic E-state index is -5.31. The van der Waals surface area contributed by atoms with Crippen LogP contribution in [0.3, 0.4) is 0 Å². The van der Waals surface area contributed by atoms with Crippen LogP contribution in [0.25, 0.3) is 32.7 Å². The number of fused-ring (bicyclic) bond motifs is 2. The Labute approximate surface area is 316 Å². The number of hydrogen-bond acceptors (Lipinski definition) is 11. The Morgan fingerprint density at radius 3 is 1.73 bits per heavy atom. The van der Waals surface area contributed by atoms with E-state index in [1.165, 1.54) is 49.6 Å². The molecule has 0 aliphatic carbocycles. The smallest absolute Gasteiger partial charge is 0.471 e. The highest BCUT2D eigenvalue weighted by molar-refractivity contribution is 7.86. The van der Waals surface area contributed by atoms with E-state index in [2.05, 4.69) is 20.5 Å². The Hall–Kier alpha value is -6.12. The maximum atomic E-state index is 13.3. The van der Waals surface area contributed by atoms with Gasteiger partial charge in [-0.15, -0.1) is 10.2 Å². The van der Waals surface area contributed by atoms with Crippen LogP contribution < -0.4 is 10.1 Å². The monoisotopic (exact) mass is 807 g/mol. The van der Waals surface area contributed by atoms with Gasteiger partial charge in [0.25, 0.3) is 20.2 Å². The summed E-state index contributed by atoms with van der Waals surface area (Å²) < 4.78 is 114. The Bertz CT molecular complexity index is 2850. The van der Waals surface area contributed by atoms with Gasteiger partial charge in [0.1, 0.15) is 26.9 Å². The van der Waals surface area contributed by atoms with E-state index < -0.39 is 55.2 Å². The van der Waals surface area contributed by atoms with Gasteiger partial charge in [-0.25, -0.2) is 0 Å². The fourth-order valence-corrected chi connectivity index (χ4v) is 7.30. The van der Waals surface area contributed by atoms with Crippen LogP contribution in [0.2, 0.25) is 0 Å². The molecule has 56 heavy (non-hydrogen) atoms. The molecule has 0 aromatic heterocycles. The highest BCUT2D eigenvalue weighted by Gasteiger charge is 2.39. The molecule has 288 valence electrons. The molecule has 0 fully saturated rings. The third kappa shape index (κ3) is 8.11. The second kappa shape index (κ2) is 15.2. The normalized spacial score (nSPS) is 12.6. The number of azo groups is 2. The number of carbonyl (C=O) groups excluding carboxylic acids is 1. The average molecular weight is 808 g/mol. The van der Waals surface area contributed by atoms with E-state index >= 15 is 0 Å². The number of aliphatic hydroxyl groups is 1. The molecule has 1 amide bonds. The Morgan fingerprint density at radius 2 is 1.16 bits per heavy atom. The van der Waals surface area contributed by atoms with Crippen molar-refractivity contribution in [3.05, 3.63) is 108 Å². The van der Waals surface area contributed by atoms with Crippen molar-refractivity contribution in [2.45, 2.75) is 29.5 Å². The van der Waals surface area contributed by atoms with Gasteiger partial charge in [0, 0.05) is 21.7 Å². The fourth-order valence-electron chi connectivity index (χ4n) is 5.87. The number of alkyl halides is 3. The number of anilines is 1. The summed E-state index contributed by atoms with van der Waals surface area (Å²) in [4.78, 5) is 10.9. The number of hydrogen-bond donors (Lipinski definition) is 4. The van der Waals surface area contributed by atoms with Crippen LogP contribution in [0.1, 0.15) is 11.1 Å². The number of aryl methyl sites for hydroxylation is 1. The molecule has 0 atom stereocenters. The molecule has 0 aliphatic rings. The lowest BCUT2D eigenvalue weighted by Gasteiger charge is -2.15. The summed E-state index contributed by atoms with van der Waals surface area (Å²) in [6.07, 6.45) is -5.31. The number of ether oxygens (including phenoxy) is 1. The van der Waals surface area contributed by atoms with Gasteiger partial charge in [0.15, 0.2) is 0 Å². The SMILES string of the molecule is COc1cc(-c2ccc(N=Nc3cc(S(=O)(=O)O)c4ccccc4c3NC(=O)C(F)(F)F)c(CO)c2)ccc1N=Nc1cc(S(=O)(=O)O)c2ccccc2c1C. The topological polar surface area (TPSA) is 217 Å². The standard InChI is InChI=1S/C37H28F3N5O9S2/c1-20-24-7-3-4-8-25(24)33(55(48,49)50)17-30(20)44-43-29-14-12-22(16-32(29)54-2)21-11-13-28(23(15-21)19-46)42-45-31-18-34(56(51,52)53)26-9-5-6-10-27(26)35(31)41-36(47)37(38,39)40/h3-18,46H,19H2,1-2H3,(H,41,47)(H,48,49,50)(H,51,52,53). The predicted octanol–water partition coefficient (Wildman–Crippen LogP) is 9.29. The molecule has 6 aromatic rings. The molecular weight excluding hydrogens is 780 g/mol. The lowest BCUT2D eigenvalue weighted by Crippen LogP contribution is -2.30. The summed E-state index contributed by atoms with van der Waals surface area (Å²) in [5.41, 5.74) is 1.32. The zero-order valence-electron chi connectivity index (χ0n) is 29.0. The molecule has 14 nitrogen and oxygen atoms in total. The van der Waals surface area contributed by atoms with Crippen molar-refractivity contribution < 1.29 is 53.8 Å². The van der Waals surface area contributed by atoms with E-state index in [1.807, 2.05) is 0 Å². The van der Waals surface area contributed by atoms with E-state index in [4.69, 9.17) is 4.74 Å². The number of nitrogens with one attached hydrogen (secondary N) is 1. The molecule has 4 N–H and O–H groups in total. The number of methoxy groups -OCH3 is 1. The van der Waals surface area contributed by atoms with Crippen molar-refractivity contribution in [3.63, 3.8) is 0 Å². The van der Waals surface area contributed by atoms with Crippen LogP contribution in [0.15, 0.2) is 127 Å². The lowest BCUT2D eigenvalue weighted by atomic mass is 10.0. The van der Waals surface area contributed by atoms with Crippen molar-refractivity contribution >= 4 is 76.1 Å². The summed E-state index contributed by atoms with van der Waals surface area (Å²) in [6, 6.07) is 23.2. The second-order valence-corrected chi connectivity index (χ2v) is 14.8. The van der Waals surface area contributed by atoms with E-state index in [-0.39, 0.29) is 44.0 Å². The summed E-state index contributed by atoms with van der Waals surface area (Å²) in [6.45, 7) is 1.14. The number of amides is 1. The Morgan fingerprint density at radius 1 is 0.679 bits per heavy atom. The molecule has 6 aromatic carbocycles. The van der Waals surface area contributed by atoms with Gasteiger partial charge in [-0.2, -0.15) is 40.2 Å². The number of rotatable bonds is 10. The molecule has 0 heterocycles. The number of halogens is 3. The fraction of sp³-hybridized carbons (Fsp3) is 0.108. The Kier molecular flexibility index (Phi) is 10.7. The van der Waals surface area contributed by atoms with Crippen molar-refractivity contribution in [1.82, 2.24) is 0 Å². The average Bonchev–Trinajstić information content (AvgIpc) is 3.15. The first-order valence-electron chi connectivity index (χ1n) is 16.1. The largest absolute Gasteiger partial charge is 0.494 e. The minimum absolute atomic E-state index is 0.0262. The molecular formula is C37H28F3N5O9S2. The summed E-state index contributed by atoms with van der Waals surface area (Å²) in [5, 5.41) is 28.9. The minimum Gasteiger partial charge on any atom is -0.494 e. The number of benzene rings is 6. The summed E-state index contributed by atoms with van der Waals surface area (Å²) in [7, 11) is -8.13. The third-order valence-corrected chi connectivity index (χ3v) is 10.4. The molecule has 0 unspecified atom stereocenters. The van der Waals surface area contributed by atoms with Gasteiger partial charge in [-0.05, 0) is 65.4 Å². The maximum Gasteiger partial charge on any atom is 0.471 e. The van der Waals surface area contributed by atoms with Crippen LogP contribution >= 0.6 is 0 Å². The lowest BCUT2D eigenvalue weighted by molar-refractivity contribution is -0.167. The van der Waals surface area contributed by atoms with Gasteiger partial charge in [-0.1, -0.05) is 60.7 Å². The molecule has 0 spiro atoms. The molecule has 19 heteroatoms. The van der Waals surface area contributed by atoms with Gasteiger partial charge in [0.05, 0.1) is 30.8 Å². The van der Waals surface area contributed by atoms with Crippen molar-refractivity contribution in [1.29, 1.82) is 0 Å². The van der Waals surface area contributed by atoms with E-state index in [0.29, 0.717) is 27.5 Å². The molecule has 0 aliphatic heterocycles. The number of nitrogens with zero attached hydrogens (tertiary/aromatic N) is 4. The van der Waals surface area contributed by atoms with Gasteiger partial charge in [0.2, 0.25) is 0 Å². The molecule has 0 radical (unpaired) electrons. The predicted molar refractivity (Wildman–Crippen MR) is 200 cm³/mol. The van der Waals surface area contributed by atoms with Crippen LogP contribution in [-0.2, 0) is 31.6 Å². The van der Waals surface area contributed by atoms with Crippen molar-refractivity contribution in [2.75, 3.05) is 12.4 Å². The molecule has 6 rings (SSSR count). The van der Waals surface area contributed by atoms with E-state index in [0.717, 1.165) is 6.07 Å². The third-order valence-electron chi connectivity index (χ3n) is 8.58. The zero-order chi connectivity index (χ0) is 40.6. The zero-order valence-corrected chi connectivity index (χ0v) is 30.6. The first-order valence-corrected chi connectivity index (χ1v) is 19.0. The highest BCUT2D eigenvalue weighted by Crippen LogP contribution is 2.41. The first kappa shape index (κ1) is 39.6. The first-order chi connectivity index (χ1) is 26.4. The quantitative estimate of drug-likeness (QED) is 0.0765. The van der Waals surface area contributed by atoms with Crippen molar-refractivity contribution in [2.24, 2.45) is 20.5 Å². The van der Waals surface area contributed by atoms with Crippen LogP contribution in [0.5, 0.6) is 5.75 Å². The van der Waals surface area contributed by atoms with Gasteiger partial charge in [-0.3, -0.25) is 13.9 Å². The molecule has 0 bridgehead atoms. The summed E-state index contributed by atoms with van der Waals surface area (Å²) >= 11 is 0. The second-order valence-electron chi connectivity index (χ2n) is 12.1. The van der Waals surface area contributed by atoms with E-state index in [1.54, 1.807) is 60.8 Å². The molecule has 0 saturated heterocycles. The molecule has 0 saturated carbocycles. The number of carbonyl (C=O) groups is 1.